The fraction of sp³-hybridized carbons (Fsp3) is 0.368. The van der Waals surface area contributed by atoms with E-state index in [2.05, 4.69) is 4.98 Å². The number of fused-ring (bicyclic) bond motifs is 1. The molecule has 148 valence electrons. The lowest BCUT2D eigenvalue weighted by molar-refractivity contribution is -0.0457. The number of aliphatic hydroxyl groups excluding tert-OH is 2. The Morgan fingerprint density at radius 1 is 1.21 bits per heavy atom. The molecular formula is C19H20N2O7. The minimum Gasteiger partial charge on any atom is -0.497 e. The molecule has 4 rings (SSSR count). The lowest BCUT2D eigenvalue weighted by atomic mass is 10.1. The summed E-state index contributed by atoms with van der Waals surface area (Å²) < 4.78 is 23.2. The SMILES string of the molecule is COc1cc(OC)cc(-c2cc3cn([C@H]4C[C@H](O)[C@@H](CO)O4)c(=O)nc3o2)c1. The van der Waals surface area contributed by atoms with Gasteiger partial charge in [0.2, 0.25) is 5.71 Å². The van der Waals surface area contributed by atoms with Crippen LogP contribution in [0.3, 0.4) is 0 Å². The monoisotopic (exact) mass is 388 g/mol. The third kappa shape index (κ3) is 3.24. The summed E-state index contributed by atoms with van der Waals surface area (Å²) in [6.07, 6.45) is -0.507. The number of rotatable bonds is 5. The molecule has 0 radical (unpaired) electrons. The van der Waals surface area contributed by atoms with Crippen LogP contribution in [0.15, 0.2) is 39.7 Å². The summed E-state index contributed by atoms with van der Waals surface area (Å²) in [6.45, 7) is -0.324. The van der Waals surface area contributed by atoms with Gasteiger partial charge in [0.15, 0.2) is 0 Å². The molecule has 0 amide bonds. The van der Waals surface area contributed by atoms with Crippen LogP contribution in [-0.4, -0.2) is 52.8 Å². The summed E-state index contributed by atoms with van der Waals surface area (Å²) in [7, 11) is 3.11. The van der Waals surface area contributed by atoms with Gasteiger partial charge in [0.05, 0.1) is 32.3 Å². The van der Waals surface area contributed by atoms with Crippen LogP contribution >= 0.6 is 0 Å². The number of methoxy groups -OCH3 is 2. The molecule has 0 bridgehead atoms. The van der Waals surface area contributed by atoms with Gasteiger partial charge in [0, 0.05) is 24.2 Å². The zero-order valence-electron chi connectivity index (χ0n) is 15.4. The second-order valence-electron chi connectivity index (χ2n) is 6.52. The highest BCUT2D eigenvalue weighted by Gasteiger charge is 2.35. The second-order valence-corrected chi connectivity index (χ2v) is 6.52. The average molecular weight is 388 g/mol. The molecule has 1 fully saturated rings. The van der Waals surface area contributed by atoms with Crippen LogP contribution in [0, 0.1) is 0 Å². The number of hydrogen-bond donors (Lipinski definition) is 2. The molecule has 1 aromatic carbocycles. The first-order valence-corrected chi connectivity index (χ1v) is 8.73. The lowest BCUT2D eigenvalue weighted by Gasteiger charge is -2.13. The van der Waals surface area contributed by atoms with Gasteiger partial charge in [-0.15, -0.1) is 0 Å². The molecule has 9 nitrogen and oxygen atoms in total. The third-order valence-corrected chi connectivity index (χ3v) is 4.77. The van der Waals surface area contributed by atoms with Gasteiger partial charge in [-0.25, -0.2) is 4.79 Å². The van der Waals surface area contributed by atoms with Crippen molar-refractivity contribution in [3.8, 4) is 22.8 Å². The van der Waals surface area contributed by atoms with Crippen LogP contribution in [0.4, 0.5) is 0 Å². The van der Waals surface area contributed by atoms with Crippen molar-refractivity contribution in [2.24, 2.45) is 0 Å². The predicted octanol–water partition coefficient (Wildman–Crippen LogP) is 1.31. The zero-order chi connectivity index (χ0) is 19.8. The van der Waals surface area contributed by atoms with E-state index < -0.39 is 24.1 Å². The molecule has 3 aromatic rings. The molecule has 0 aliphatic carbocycles. The smallest absolute Gasteiger partial charge is 0.353 e. The van der Waals surface area contributed by atoms with Crippen molar-refractivity contribution in [3.05, 3.63) is 40.9 Å². The van der Waals surface area contributed by atoms with Gasteiger partial charge in [0.25, 0.3) is 0 Å². The topological polar surface area (TPSA) is 116 Å². The van der Waals surface area contributed by atoms with Crippen LogP contribution in [-0.2, 0) is 4.74 Å². The fourth-order valence-corrected chi connectivity index (χ4v) is 3.27. The van der Waals surface area contributed by atoms with E-state index in [-0.39, 0.29) is 18.7 Å². The summed E-state index contributed by atoms with van der Waals surface area (Å²) in [5.41, 5.74) is 0.337. The van der Waals surface area contributed by atoms with E-state index in [1.165, 1.54) is 4.57 Å². The number of aliphatic hydroxyl groups is 2. The first-order chi connectivity index (χ1) is 13.5. The summed E-state index contributed by atoms with van der Waals surface area (Å²) >= 11 is 0. The zero-order valence-corrected chi connectivity index (χ0v) is 15.4. The van der Waals surface area contributed by atoms with Crippen LogP contribution in [0.2, 0.25) is 0 Å². The molecule has 2 aromatic heterocycles. The summed E-state index contributed by atoms with van der Waals surface area (Å²) in [5.74, 6) is 1.70. The largest absolute Gasteiger partial charge is 0.497 e. The molecule has 0 spiro atoms. The Labute approximate surface area is 159 Å². The molecule has 9 heteroatoms. The van der Waals surface area contributed by atoms with Crippen molar-refractivity contribution >= 4 is 11.1 Å². The van der Waals surface area contributed by atoms with E-state index >= 15 is 0 Å². The Bertz CT molecular complexity index is 1040. The van der Waals surface area contributed by atoms with Crippen LogP contribution in [0.1, 0.15) is 12.6 Å². The molecule has 0 unspecified atom stereocenters. The van der Waals surface area contributed by atoms with E-state index in [1.807, 2.05) is 0 Å². The highest BCUT2D eigenvalue weighted by molar-refractivity contribution is 5.79. The van der Waals surface area contributed by atoms with Gasteiger partial charge in [0.1, 0.15) is 29.6 Å². The Morgan fingerprint density at radius 3 is 2.54 bits per heavy atom. The van der Waals surface area contributed by atoms with Crippen molar-refractivity contribution in [2.45, 2.75) is 24.9 Å². The molecule has 3 heterocycles. The van der Waals surface area contributed by atoms with E-state index in [0.29, 0.717) is 28.2 Å². The number of aromatic nitrogens is 2. The predicted molar refractivity (Wildman–Crippen MR) is 98.4 cm³/mol. The highest BCUT2D eigenvalue weighted by Crippen LogP contribution is 2.33. The van der Waals surface area contributed by atoms with Crippen molar-refractivity contribution in [1.82, 2.24) is 9.55 Å². The van der Waals surface area contributed by atoms with Crippen LogP contribution in [0.25, 0.3) is 22.4 Å². The maximum absolute atomic E-state index is 12.4. The van der Waals surface area contributed by atoms with Crippen LogP contribution < -0.4 is 15.2 Å². The lowest BCUT2D eigenvalue weighted by Crippen LogP contribution is -2.27. The van der Waals surface area contributed by atoms with E-state index in [9.17, 15) is 15.0 Å². The van der Waals surface area contributed by atoms with Crippen LogP contribution in [0.5, 0.6) is 11.5 Å². The summed E-state index contributed by atoms with van der Waals surface area (Å²) in [6, 6.07) is 7.07. The van der Waals surface area contributed by atoms with E-state index in [4.69, 9.17) is 18.6 Å². The number of furan rings is 1. The minimum absolute atomic E-state index is 0.190. The standard InChI is InChI=1S/C19H20N2O7/c1-25-12-3-10(4-13(6-12)26-2)15-5-11-8-21(19(24)20-18(11)28-15)17-7-14(23)16(9-22)27-17/h3-6,8,14,16-17,22-23H,7,9H2,1-2H3/t14-,16+,17+/m0/s1. The van der Waals surface area contributed by atoms with Crippen molar-refractivity contribution in [1.29, 1.82) is 0 Å². The van der Waals surface area contributed by atoms with Gasteiger partial charge in [-0.2, -0.15) is 4.98 Å². The number of hydrogen-bond acceptors (Lipinski definition) is 8. The van der Waals surface area contributed by atoms with Gasteiger partial charge in [-0.3, -0.25) is 4.57 Å². The highest BCUT2D eigenvalue weighted by atomic mass is 16.5. The van der Waals surface area contributed by atoms with Crippen molar-refractivity contribution in [3.63, 3.8) is 0 Å². The maximum Gasteiger partial charge on any atom is 0.353 e. The Kier molecular flexibility index (Phi) is 4.80. The van der Waals surface area contributed by atoms with E-state index in [0.717, 1.165) is 0 Å². The first kappa shape index (κ1) is 18.5. The Hall–Kier alpha value is -2.88. The molecular weight excluding hydrogens is 368 g/mol. The number of ether oxygens (including phenoxy) is 3. The molecule has 3 atom stereocenters. The normalized spacial score (nSPS) is 21.9. The molecule has 28 heavy (non-hydrogen) atoms. The van der Waals surface area contributed by atoms with Crippen molar-refractivity contribution < 1.29 is 28.8 Å². The Balaban J connectivity index is 1.74. The maximum atomic E-state index is 12.4. The van der Waals surface area contributed by atoms with Gasteiger partial charge < -0.3 is 28.8 Å². The summed E-state index contributed by atoms with van der Waals surface area (Å²) in [4.78, 5) is 16.4. The minimum atomic E-state index is -0.846. The second kappa shape index (κ2) is 7.27. The quantitative estimate of drug-likeness (QED) is 0.672. The van der Waals surface area contributed by atoms with Gasteiger partial charge in [-0.05, 0) is 18.2 Å². The molecule has 1 saturated heterocycles. The molecule has 1 aliphatic rings. The average Bonchev–Trinajstić information content (AvgIpc) is 3.29. The van der Waals surface area contributed by atoms with Gasteiger partial charge in [-0.1, -0.05) is 0 Å². The first-order valence-electron chi connectivity index (χ1n) is 8.73. The molecule has 2 N–H and O–H groups in total. The number of benzene rings is 1. The number of nitrogens with zero attached hydrogens (tertiary/aromatic N) is 2. The van der Waals surface area contributed by atoms with Crippen molar-refractivity contribution in [2.75, 3.05) is 20.8 Å². The molecule has 1 aliphatic heterocycles. The van der Waals surface area contributed by atoms with E-state index in [1.54, 1.807) is 44.7 Å². The summed E-state index contributed by atoms with van der Waals surface area (Å²) in [5, 5.41) is 19.7. The Morgan fingerprint density at radius 2 is 1.93 bits per heavy atom. The molecule has 0 saturated carbocycles. The third-order valence-electron chi connectivity index (χ3n) is 4.77. The fourth-order valence-electron chi connectivity index (χ4n) is 3.27. The van der Waals surface area contributed by atoms with Gasteiger partial charge >= 0.3 is 5.69 Å².